The van der Waals surface area contributed by atoms with Crippen molar-refractivity contribution in [3.05, 3.63) is 102 Å². The van der Waals surface area contributed by atoms with E-state index in [0.717, 1.165) is 28.1 Å². The molecule has 0 radical (unpaired) electrons. The molecule has 0 saturated carbocycles. The summed E-state index contributed by atoms with van der Waals surface area (Å²) in [6.07, 6.45) is 3.51. The second-order valence-electron chi connectivity index (χ2n) is 7.01. The van der Waals surface area contributed by atoms with Gasteiger partial charge in [-0.25, -0.2) is 10.1 Å². The van der Waals surface area contributed by atoms with Crippen molar-refractivity contribution in [1.82, 2.24) is 15.2 Å². The van der Waals surface area contributed by atoms with E-state index in [1.165, 1.54) is 0 Å². The monoisotopic (exact) mass is 410 g/mol. The van der Waals surface area contributed by atoms with Gasteiger partial charge in [0.1, 0.15) is 11.4 Å². The summed E-state index contributed by atoms with van der Waals surface area (Å²) in [5.41, 5.74) is 7.68. The Hall–Kier alpha value is -4.19. The van der Waals surface area contributed by atoms with Crippen LogP contribution in [0.5, 0.6) is 5.75 Å². The third kappa shape index (κ3) is 4.70. The summed E-state index contributed by atoms with van der Waals surface area (Å²) in [6.45, 7) is 2.04. The van der Waals surface area contributed by atoms with E-state index < -0.39 is 0 Å². The lowest BCUT2D eigenvalue weighted by atomic mass is 10.1. The number of nitrogens with one attached hydrogen (secondary N) is 1. The van der Waals surface area contributed by atoms with Crippen molar-refractivity contribution in [3.63, 3.8) is 0 Å². The maximum Gasteiger partial charge on any atom is 0.271 e. The number of rotatable bonds is 6. The highest BCUT2D eigenvalue weighted by Crippen LogP contribution is 2.23. The Morgan fingerprint density at radius 3 is 2.61 bits per heavy atom. The van der Waals surface area contributed by atoms with Crippen molar-refractivity contribution in [1.29, 1.82) is 0 Å². The zero-order valence-electron chi connectivity index (χ0n) is 17.3. The lowest BCUT2D eigenvalue weighted by molar-refractivity contribution is 0.0955. The van der Waals surface area contributed by atoms with Gasteiger partial charge in [0.15, 0.2) is 0 Å². The van der Waals surface area contributed by atoms with Crippen LogP contribution >= 0.6 is 0 Å². The van der Waals surface area contributed by atoms with Gasteiger partial charge in [-0.2, -0.15) is 10.2 Å². The van der Waals surface area contributed by atoms with E-state index in [1.54, 1.807) is 37.6 Å². The summed E-state index contributed by atoms with van der Waals surface area (Å²) in [4.78, 5) is 12.4. The maximum absolute atomic E-state index is 12.4. The van der Waals surface area contributed by atoms with Gasteiger partial charge < -0.3 is 4.74 Å². The molecular weight excluding hydrogens is 388 g/mol. The van der Waals surface area contributed by atoms with Gasteiger partial charge in [0.05, 0.1) is 19.0 Å². The first kappa shape index (κ1) is 20.1. The number of aryl methyl sites for hydroxylation is 1. The van der Waals surface area contributed by atoms with Crippen LogP contribution in [-0.2, 0) is 0 Å². The summed E-state index contributed by atoms with van der Waals surface area (Å²) in [6, 6.07) is 24.9. The van der Waals surface area contributed by atoms with Gasteiger partial charge in [-0.1, -0.05) is 48.0 Å². The van der Waals surface area contributed by atoms with Crippen LogP contribution in [0.25, 0.3) is 16.9 Å². The zero-order chi connectivity index (χ0) is 21.6. The van der Waals surface area contributed by atoms with E-state index in [4.69, 9.17) is 9.84 Å². The van der Waals surface area contributed by atoms with E-state index in [2.05, 4.69) is 16.6 Å². The predicted octanol–water partition coefficient (Wildman–Crippen LogP) is 4.62. The quantitative estimate of drug-likeness (QED) is 0.372. The normalized spacial score (nSPS) is 10.9. The molecule has 0 atom stereocenters. The van der Waals surface area contributed by atoms with Crippen LogP contribution < -0.4 is 10.2 Å². The molecule has 6 nitrogen and oxygen atoms in total. The predicted molar refractivity (Wildman–Crippen MR) is 122 cm³/mol. The van der Waals surface area contributed by atoms with E-state index in [9.17, 15) is 4.79 Å². The Bertz CT molecular complexity index is 1230. The SMILES string of the molecule is COc1cccc(C(=O)N/N=C/c2cn(-c3ccccc3)nc2-c2cccc(C)c2)c1. The minimum absolute atomic E-state index is 0.317. The number of benzene rings is 3. The van der Waals surface area contributed by atoms with E-state index in [1.807, 2.05) is 66.3 Å². The highest BCUT2D eigenvalue weighted by molar-refractivity contribution is 5.96. The van der Waals surface area contributed by atoms with Gasteiger partial charge in [0.25, 0.3) is 5.91 Å². The van der Waals surface area contributed by atoms with Crippen molar-refractivity contribution in [2.24, 2.45) is 5.10 Å². The van der Waals surface area contributed by atoms with Gasteiger partial charge in [-0.15, -0.1) is 0 Å². The van der Waals surface area contributed by atoms with Crippen molar-refractivity contribution in [3.8, 4) is 22.7 Å². The van der Waals surface area contributed by atoms with Crippen molar-refractivity contribution < 1.29 is 9.53 Å². The minimum Gasteiger partial charge on any atom is -0.497 e. The molecule has 0 spiro atoms. The second-order valence-corrected chi connectivity index (χ2v) is 7.01. The summed E-state index contributed by atoms with van der Waals surface area (Å²) < 4.78 is 6.98. The fourth-order valence-corrected chi connectivity index (χ4v) is 3.20. The van der Waals surface area contributed by atoms with Gasteiger partial charge in [-0.05, 0) is 43.3 Å². The molecule has 6 heteroatoms. The standard InChI is InChI=1S/C25H22N4O2/c1-18-8-6-9-19(14-18)24-21(17-29(28-24)22-11-4-3-5-12-22)16-26-27-25(30)20-10-7-13-23(15-20)31-2/h3-17H,1-2H3,(H,27,30)/b26-16+. The molecule has 4 aromatic rings. The number of para-hydroxylation sites is 1. The topological polar surface area (TPSA) is 68.5 Å². The third-order valence-electron chi connectivity index (χ3n) is 4.76. The molecule has 1 amide bonds. The number of hydrogen-bond donors (Lipinski definition) is 1. The number of carbonyl (C=O) groups excluding carboxylic acids is 1. The summed E-state index contributed by atoms with van der Waals surface area (Å²) >= 11 is 0. The Kier molecular flexibility index (Phi) is 5.89. The number of amides is 1. The van der Waals surface area contributed by atoms with Gasteiger partial charge in [0, 0.05) is 22.9 Å². The summed E-state index contributed by atoms with van der Waals surface area (Å²) in [7, 11) is 1.56. The number of hydrogen-bond acceptors (Lipinski definition) is 4. The lowest BCUT2D eigenvalue weighted by Crippen LogP contribution is -2.17. The molecule has 3 aromatic carbocycles. The highest BCUT2D eigenvalue weighted by atomic mass is 16.5. The highest BCUT2D eigenvalue weighted by Gasteiger charge is 2.12. The molecule has 4 rings (SSSR count). The van der Waals surface area contributed by atoms with Crippen LogP contribution in [0, 0.1) is 6.92 Å². The first-order chi connectivity index (χ1) is 15.1. The van der Waals surface area contributed by atoms with E-state index in [-0.39, 0.29) is 5.91 Å². The van der Waals surface area contributed by atoms with E-state index >= 15 is 0 Å². The Morgan fingerprint density at radius 1 is 1.03 bits per heavy atom. The van der Waals surface area contributed by atoms with Crippen LogP contribution in [0.15, 0.2) is 90.2 Å². The minimum atomic E-state index is -0.317. The first-order valence-corrected chi connectivity index (χ1v) is 9.83. The molecule has 0 unspecified atom stereocenters. The number of aromatic nitrogens is 2. The molecule has 31 heavy (non-hydrogen) atoms. The van der Waals surface area contributed by atoms with Crippen molar-refractivity contribution >= 4 is 12.1 Å². The summed E-state index contributed by atoms with van der Waals surface area (Å²) in [5, 5.41) is 8.94. The van der Waals surface area contributed by atoms with Crippen molar-refractivity contribution in [2.45, 2.75) is 6.92 Å². The third-order valence-corrected chi connectivity index (χ3v) is 4.76. The largest absolute Gasteiger partial charge is 0.497 e. The fourth-order valence-electron chi connectivity index (χ4n) is 3.20. The van der Waals surface area contributed by atoms with Gasteiger partial charge >= 0.3 is 0 Å². The number of nitrogens with zero attached hydrogens (tertiary/aromatic N) is 3. The molecule has 0 fully saturated rings. The molecule has 0 aliphatic carbocycles. The number of ether oxygens (including phenoxy) is 1. The van der Waals surface area contributed by atoms with Crippen LogP contribution in [-0.4, -0.2) is 29.0 Å². The number of hydrazone groups is 1. The first-order valence-electron chi connectivity index (χ1n) is 9.83. The molecular formula is C25H22N4O2. The van der Waals surface area contributed by atoms with Gasteiger partial charge in [0.2, 0.25) is 0 Å². The smallest absolute Gasteiger partial charge is 0.271 e. The molecule has 154 valence electrons. The fraction of sp³-hybridized carbons (Fsp3) is 0.0800. The van der Waals surface area contributed by atoms with Crippen LogP contribution in [0.4, 0.5) is 0 Å². The molecule has 1 aromatic heterocycles. The second kappa shape index (κ2) is 9.09. The molecule has 0 aliphatic rings. The van der Waals surface area contributed by atoms with Crippen LogP contribution in [0.3, 0.4) is 0 Å². The average Bonchev–Trinajstić information content (AvgIpc) is 3.24. The molecule has 1 heterocycles. The van der Waals surface area contributed by atoms with Gasteiger partial charge in [-0.3, -0.25) is 4.79 Å². The molecule has 0 bridgehead atoms. The number of carbonyl (C=O) groups is 1. The van der Waals surface area contributed by atoms with Crippen molar-refractivity contribution in [2.75, 3.05) is 7.11 Å². The summed E-state index contributed by atoms with van der Waals surface area (Å²) in [5.74, 6) is 0.296. The van der Waals surface area contributed by atoms with Crippen LogP contribution in [0.2, 0.25) is 0 Å². The Balaban J connectivity index is 1.63. The average molecular weight is 410 g/mol. The van der Waals surface area contributed by atoms with E-state index in [0.29, 0.717) is 11.3 Å². The molecule has 0 saturated heterocycles. The van der Waals surface area contributed by atoms with Crippen LogP contribution in [0.1, 0.15) is 21.5 Å². The molecule has 1 N–H and O–H groups in total. The zero-order valence-corrected chi connectivity index (χ0v) is 17.3. The Labute approximate surface area is 180 Å². The Morgan fingerprint density at radius 2 is 1.84 bits per heavy atom. The number of methoxy groups -OCH3 is 1. The lowest BCUT2D eigenvalue weighted by Gasteiger charge is -2.03. The molecule has 0 aliphatic heterocycles. The maximum atomic E-state index is 12.4.